The van der Waals surface area contributed by atoms with Crippen LogP contribution in [0.3, 0.4) is 0 Å². The van der Waals surface area contributed by atoms with Gasteiger partial charge in [-0.3, -0.25) is 0 Å². The standard InChI is InChI=1S/C14H19N3/c1-3-8-15-10-13-6-4-5-7-14(13)17-11-12(2)9-16-17/h4-7,9,11,15H,3,8,10H2,1-2H3. The minimum absolute atomic E-state index is 0.892. The largest absolute Gasteiger partial charge is 0.313 e. The second-order valence-corrected chi connectivity index (χ2v) is 4.27. The zero-order valence-electron chi connectivity index (χ0n) is 10.5. The van der Waals surface area contributed by atoms with Crippen LogP contribution in [0, 0.1) is 6.92 Å². The summed E-state index contributed by atoms with van der Waals surface area (Å²) in [4.78, 5) is 0. The maximum atomic E-state index is 4.36. The Morgan fingerprint density at radius 2 is 2.12 bits per heavy atom. The maximum Gasteiger partial charge on any atom is 0.0690 e. The van der Waals surface area contributed by atoms with E-state index in [2.05, 4.69) is 54.7 Å². The molecule has 0 aliphatic rings. The first-order valence-corrected chi connectivity index (χ1v) is 6.11. The van der Waals surface area contributed by atoms with Crippen molar-refractivity contribution in [3.63, 3.8) is 0 Å². The first-order valence-electron chi connectivity index (χ1n) is 6.11. The van der Waals surface area contributed by atoms with Gasteiger partial charge in [-0.1, -0.05) is 25.1 Å². The van der Waals surface area contributed by atoms with E-state index in [9.17, 15) is 0 Å². The number of benzene rings is 1. The van der Waals surface area contributed by atoms with Crippen molar-refractivity contribution in [1.29, 1.82) is 0 Å². The van der Waals surface area contributed by atoms with E-state index in [-0.39, 0.29) is 0 Å². The number of hydrogen-bond acceptors (Lipinski definition) is 2. The summed E-state index contributed by atoms with van der Waals surface area (Å²) in [5.74, 6) is 0. The first kappa shape index (κ1) is 11.9. The van der Waals surface area contributed by atoms with Crippen LogP contribution in [0.1, 0.15) is 24.5 Å². The molecular weight excluding hydrogens is 210 g/mol. The minimum atomic E-state index is 0.892. The van der Waals surface area contributed by atoms with Crippen LogP contribution in [-0.4, -0.2) is 16.3 Å². The molecule has 0 saturated heterocycles. The lowest BCUT2D eigenvalue weighted by Crippen LogP contribution is -2.15. The van der Waals surface area contributed by atoms with Gasteiger partial charge in [0.15, 0.2) is 0 Å². The Balaban J connectivity index is 2.21. The number of hydrogen-bond donors (Lipinski definition) is 1. The van der Waals surface area contributed by atoms with E-state index in [0.29, 0.717) is 0 Å². The van der Waals surface area contributed by atoms with Gasteiger partial charge in [0.1, 0.15) is 0 Å². The zero-order chi connectivity index (χ0) is 12.1. The Morgan fingerprint density at radius 3 is 2.82 bits per heavy atom. The van der Waals surface area contributed by atoms with Crippen LogP contribution in [0.15, 0.2) is 36.7 Å². The highest BCUT2D eigenvalue weighted by Gasteiger charge is 2.04. The van der Waals surface area contributed by atoms with Crippen molar-refractivity contribution < 1.29 is 0 Å². The van der Waals surface area contributed by atoms with Gasteiger partial charge in [-0.15, -0.1) is 0 Å². The summed E-state index contributed by atoms with van der Waals surface area (Å²) in [5, 5.41) is 7.79. The van der Waals surface area contributed by atoms with Crippen LogP contribution in [0.5, 0.6) is 0 Å². The monoisotopic (exact) mass is 229 g/mol. The van der Waals surface area contributed by atoms with E-state index in [1.54, 1.807) is 0 Å². The fourth-order valence-corrected chi connectivity index (χ4v) is 1.83. The molecule has 1 N–H and O–H groups in total. The van der Waals surface area contributed by atoms with Gasteiger partial charge < -0.3 is 5.32 Å². The van der Waals surface area contributed by atoms with E-state index in [1.165, 1.54) is 11.1 Å². The summed E-state index contributed by atoms with van der Waals surface area (Å²) in [6.45, 7) is 6.17. The van der Waals surface area contributed by atoms with Crippen LogP contribution >= 0.6 is 0 Å². The van der Waals surface area contributed by atoms with Crippen molar-refractivity contribution in [2.24, 2.45) is 0 Å². The van der Waals surface area contributed by atoms with Crippen molar-refractivity contribution in [3.05, 3.63) is 47.8 Å². The molecule has 90 valence electrons. The molecule has 0 aliphatic heterocycles. The average molecular weight is 229 g/mol. The molecule has 0 unspecified atom stereocenters. The lowest BCUT2D eigenvalue weighted by molar-refractivity contribution is 0.670. The highest BCUT2D eigenvalue weighted by Crippen LogP contribution is 2.14. The van der Waals surface area contributed by atoms with Crippen LogP contribution < -0.4 is 5.32 Å². The summed E-state index contributed by atoms with van der Waals surface area (Å²) < 4.78 is 1.94. The second kappa shape index (κ2) is 5.64. The Bertz CT molecular complexity index is 474. The molecule has 1 aromatic carbocycles. The molecule has 3 nitrogen and oxygen atoms in total. The van der Waals surface area contributed by atoms with Crippen LogP contribution in [0.25, 0.3) is 5.69 Å². The highest BCUT2D eigenvalue weighted by atomic mass is 15.3. The van der Waals surface area contributed by atoms with Crippen molar-refractivity contribution in [2.45, 2.75) is 26.8 Å². The predicted octanol–water partition coefficient (Wildman–Crippen LogP) is 2.68. The van der Waals surface area contributed by atoms with E-state index in [0.717, 1.165) is 25.2 Å². The molecule has 2 aromatic rings. The molecule has 0 fully saturated rings. The van der Waals surface area contributed by atoms with Crippen LogP contribution in [0.4, 0.5) is 0 Å². The Kier molecular flexibility index (Phi) is 3.94. The third kappa shape index (κ3) is 2.94. The van der Waals surface area contributed by atoms with E-state index >= 15 is 0 Å². The molecule has 1 aromatic heterocycles. The molecule has 0 atom stereocenters. The van der Waals surface area contributed by atoms with Crippen molar-refractivity contribution in [1.82, 2.24) is 15.1 Å². The number of rotatable bonds is 5. The van der Waals surface area contributed by atoms with Gasteiger partial charge in [-0.25, -0.2) is 4.68 Å². The Hall–Kier alpha value is -1.61. The molecule has 3 heteroatoms. The average Bonchev–Trinajstić information content (AvgIpc) is 2.77. The fraction of sp³-hybridized carbons (Fsp3) is 0.357. The molecule has 0 aliphatic carbocycles. The van der Waals surface area contributed by atoms with Gasteiger partial charge in [0.05, 0.1) is 11.9 Å². The number of aryl methyl sites for hydroxylation is 1. The van der Waals surface area contributed by atoms with Gasteiger partial charge >= 0.3 is 0 Å². The SMILES string of the molecule is CCCNCc1ccccc1-n1cc(C)cn1. The summed E-state index contributed by atoms with van der Waals surface area (Å²) >= 11 is 0. The van der Waals surface area contributed by atoms with E-state index < -0.39 is 0 Å². The molecule has 0 radical (unpaired) electrons. The van der Waals surface area contributed by atoms with Crippen LogP contribution in [0.2, 0.25) is 0 Å². The van der Waals surface area contributed by atoms with Gasteiger partial charge in [-0.05, 0) is 37.1 Å². The van der Waals surface area contributed by atoms with Crippen molar-refractivity contribution >= 4 is 0 Å². The number of para-hydroxylation sites is 1. The molecule has 0 saturated carbocycles. The van der Waals surface area contributed by atoms with E-state index in [1.807, 2.05) is 10.9 Å². The quantitative estimate of drug-likeness (QED) is 0.799. The summed E-state index contributed by atoms with van der Waals surface area (Å²) in [7, 11) is 0. The fourth-order valence-electron chi connectivity index (χ4n) is 1.83. The zero-order valence-corrected chi connectivity index (χ0v) is 10.5. The summed E-state index contributed by atoms with van der Waals surface area (Å²) in [6.07, 6.45) is 5.10. The normalized spacial score (nSPS) is 10.7. The summed E-state index contributed by atoms with van der Waals surface area (Å²) in [5.41, 5.74) is 3.62. The molecule has 2 rings (SSSR count). The molecule has 0 spiro atoms. The van der Waals surface area contributed by atoms with Crippen molar-refractivity contribution in [2.75, 3.05) is 6.54 Å². The molecular formula is C14H19N3. The lowest BCUT2D eigenvalue weighted by atomic mass is 10.1. The van der Waals surface area contributed by atoms with Crippen molar-refractivity contribution in [3.8, 4) is 5.69 Å². The third-order valence-corrected chi connectivity index (χ3v) is 2.69. The van der Waals surface area contributed by atoms with E-state index in [4.69, 9.17) is 0 Å². The number of nitrogens with one attached hydrogen (secondary N) is 1. The molecule has 17 heavy (non-hydrogen) atoms. The first-order chi connectivity index (χ1) is 8.31. The Labute approximate surface area is 102 Å². The molecule has 0 amide bonds. The highest BCUT2D eigenvalue weighted by molar-refractivity contribution is 5.40. The smallest absolute Gasteiger partial charge is 0.0690 e. The second-order valence-electron chi connectivity index (χ2n) is 4.27. The van der Waals surface area contributed by atoms with Gasteiger partial charge in [-0.2, -0.15) is 5.10 Å². The maximum absolute atomic E-state index is 4.36. The predicted molar refractivity (Wildman–Crippen MR) is 70.3 cm³/mol. The number of aromatic nitrogens is 2. The molecule has 1 heterocycles. The van der Waals surface area contributed by atoms with Crippen LogP contribution in [-0.2, 0) is 6.54 Å². The van der Waals surface area contributed by atoms with Gasteiger partial charge in [0.25, 0.3) is 0 Å². The lowest BCUT2D eigenvalue weighted by Gasteiger charge is -2.10. The van der Waals surface area contributed by atoms with Gasteiger partial charge in [0.2, 0.25) is 0 Å². The van der Waals surface area contributed by atoms with Gasteiger partial charge in [0, 0.05) is 12.7 Å². The third-order valence-electron chi connectivity index (χ3n) is 2.69. The Morgan fingerprint density at radius 1 is 1.29 bits per heavy atom. The topological polar surface area (TPSA) is 29.9 Å². The molecule has 0 bridgehead atoms. The minimum Gasteiger partial charge on any atom is -0.313 e. The number of nitrogens with zero attached hydrogens (tertiary/aromatic N) is 2. The summed E-state index contributed by atoms with van der Waals surface area (Å²) in [6, 6.07) is 8.38.